The smallest absolute Gasteiger partial charge is 0.316 e. The third kappa shape index (κ3) is 71.1. The number of aliphatic imine (C=N–C) groups is 1. The number of carbonyl (C=O) groups is 2. The van der Waals surface area contributed by atoms with E-state index in [9.17, 15) is 9.59 Å². The maximum absolute atomic E-state index is 10.6. The molecule has 0 radical (unpaired) electrons. The Morgan fingerprint density at radius 1 is 0.905 bits per heavy atom. The van der Waals surface area contributed by atoms with E-state index in [1.54, 1.807) is 6.19 Å². The van der Waals surface area contributed by atoms with Crippen LogP contribution in [-0.4, -0.2) is 67.5 Å². The van der Waals surface area contributed by atoms with E-state index < -0.39 is 0 Å². The summed E-state index contributed by atoms with van der Waals surface area (Å²) in [5.41, 5.74) is 5.25. The first-order valence-corrected chi connectivity index (χ1v) is 15.3. The number of nitrogens with one attached hydrogen (secondary N) is 4. The number of guanidine groups is 1. The molecule has 1 aliphatic heterocycles. The van der Waals surface area contributed by atoms with Crippen molar-refractivity contribution in [3.8, 4) is 6.19 Å². The molecule has 0 aromatic rings. The molecule has 11 nitrogen and oxygen atoms in total. The van der Waals surface area contributed by atoms with Gasteiger partial charge in [-0.2, -0.15) is 5.26 Å². The highest BCUT2D eigenvalue weighted by Crippen LogP contribution is 1.97. The van der Waals surface area contributed by atoms with Crippen molar-refractivity contribution >= 4 is 17.9 Å². The Morgan fingerprint density at radius 3 is 1.55 bits per heavy atom. The van der Waals surface area contributed by atoms with Gasteiger partial charge in [0.25, 0.3) is 0 Å². The molecule has 0 saturated carbocycles. The van der Waals surface area contributed by atoms with Crippen LogP contribution in [0.2, 0.25) is 0 Å². The van der Waals surface area contributed by atoms with Crippen LogP contribution in [0.15, 0.2) is 4.99 Å². The van der Waals surface area contributed by atoms with E-state index in [0.717, 1.165) is 24.9 Å². The van der Waals surface area contributed by atoms with E-state index >= 15 is 0 Å². The van der Waals surface area contributed by atoms with Gasteiger partial charge >= 0.3 is 6.03 Å². The number of hydrogen-bond acceptors (Lipinski definition) is 6. The van der Waals surface area contributed by atoms with Crippen LogP contribution < -0.4 is 27.0 Å². The molecular formula is C31H70N8O3. The lowest BCUT2D eigenvalue weighted by Gasteiger charge is -2.28. The van der Waals surface area contributed by atoms with Gasteiger partial charge in [0.2, 0.25) is 11.9 Å². The summed E-state index contributed by atoms with van der Waals surface area (Å²) in [5.74, 6) is 4.02. The Labute approximate surface area is 259 Å². The second-order valence-electron chi connectivity index (χ2n) is 13.0. The number of nitriles is 1. The van der Waals surface area contributed by atoms with Gasteiger partial charge in [0.15, 0.2) is 6.19 Å². The lowest BCUT2D eigenvalue weighted by atomic mass is 10.2. The van der Waals surface area contributed by atoms with Crippen LogP contribution in [0.25, 0.3) is 0 Å². The van der Waals surface area contributed by atoms with Crippen LogP contribution in [0.3, 0.4) is 0 Å². The predicted octanol–water partition coefficient (Wildman–Crippen LogP) is 4.94. The second-order valence-corrected chi connectivity index (χ2v) is 13.0. The topological polar surface area (TPSA) is 168 Å². The molecule has 1 heterocycles. The van der Waals surface area contributed by atoms with Gasteiger partial charge in [-0.3, -0.25) is 20.0 Å². The Hall–Kier alpha value is -2.58. The minimum absolute atomic E-state index is 0.0544. The third-order valence-corrected chi connectivity index (χ3v) is 3.48. The van der Waals surface area contributed by atoms with Crippen molar-refractivity contribution in [2.45, 2.75) is 104 Å². The summed E-state index contributed by atoms with van der Waals surface area (Å²) >= 11 is 0. The van der Waals surface area contributed by atoms with Crippen molar-refractivity contribution in [1.82, 2.24) is 26.2 Å². The third-order valence-electron chi connectivity index (χ3n) is 3.48. The summed E-state index contributed by atoms with van der Waals surface area (Å²) in [5, 5.41) is 26.6. The van der Waals surface area contributed by atoms with Crippen LogP contribution in [-0.2, 0) is 4.79 Å². The van der Waals surface area contributed by atoms with Crippen LogP contribution in [0, 0.1) is 47.0 Å². The second kappa shape index (κ2) is 34.6. The van der Waals surface area contributed by atoms with Gasteiger partial charge in [0.05, 0.1) is 13.3 Å². The number of carbonyl (C=O) groups excluding carboxylic acids is 2. The highest BCUT2D eigenvalue weighted by atomic mass is 16.3. The highest BCUT2D eigenvalue weighted by molar-refractivity contribution is 5.79. The van der Waals surface area contributed by atoms with E-state index in [4.69, 9.17) is 16.1 Å². The molecule has 42 heavy (non-hydrogen) atoms. The Balaban J connectivity index is -0.000000137. The molecule has 0 aliphatic carbocycles. The molecule has 0 unspecified atom stereocenters. The Kier molecular flexibility index (Phi) is 40.5. The fraction of sp³-hybridized carbons (Fsp3) is 0.871. The Bertz CT molecular complexity index is 652. The fourth-order valence-corrected chi connectivity index (χ4v) is 1.86. The monoisotopic (exact) mass is 603 g/mol. The molecular weight excluding hydrogens is 532 g/mol. The van der Waals surface area contributed by atoms with Crippen LogP contribution in [0.1, 0.15) is 104 Å². The molecule has 0 bridgehead atoms. The lowest BCUT2D eigenvalue weighted by Crippen LogP contribution is -2.54. The van der Waals surface area contributed by atoms with Crippen molar-refractivity contribution in [3.63, 3.8) is 0 Å². The molecule has 1 saturated heterocycles. The van der Waals surface area contributed by atoms with Gasteiger partial charge in [-0.25, -0.2) is 4.79 Å². The summed E-state index contributed by atoms with van der Waals surface area (Å²) in [6, 6.07) is -0.0648. The largest absolute Gasteiger partial charge is 0.396 e. The zero-order valence-electron chi connectivity index (χ0n) is 29.9. The molecule has 0 atom stereocenters. The minimum Gasteiger partial charge on any atom is -0.396 e. The zero-order chi connectivity index (χ0) is 34.3. The number of nitrogens with zero attached hydrogens (tertiary/aromatic N) is 3. The van der Waals surface area contributed by atoms with Crippen molar-refractivity contribution in [2.75, 3.05) is 39.6 Å². The molecule has 0 aromatic carbocycles. The fourth-order valence-electron chi connectivity index (χ4n) is 1.86. The van der Waals surface area contributed by atoms with Gasteiger partial charge < -0.3 is 26.8 Å². The summed E-state index contributed by atoms with van der Waals surface area (Å²) in [6.45, 7) is 35.1. The van der Waals surface area contributed by atoms with Crippen LogP contribution >= 0.6 is 0 Å². The molecule has 1 fully saturated rings. The van der Waals surface area contributed by atoms with E-state index in [0.29, 0.717) is 50.2 Å². The Morgan fingerprint density at radius 2 is 1.31 bits per heavy atom. The number of amides is 3. The molecule has 0 aromatic heterocycles. The maximum Gasteiger partial charge on any atom is 0.316 e. The van der Waals surface area contributed by atoms with E-state index in [-0.39, 0.29) is 17.9 Å². The van der Waals surface area contributed by atoms with Gasteiger partial charge in [-0.15, -0.1) is 0 Å². The lowest BCUT2D eigenvalue weighted by molar-refractivity contribution is -0.119. The van der Waals surface area contributed by atoms with Gasteiger partial charge in [0.1, 0.15) is 0 Å². The number of hydrogen-bond donors (Lipinski definition) is 6. The number of rotatable bonds is 7. The van der Waals surface area contributed by atoms with E-state index in [1.165, 1.54) is 6.92 Å². The zero-order valence-corrected chi connectivity index (χ0v) is 29.9. The average molecular weight is 603 g/mol. The van der Waals surface area contributed by atoms with Crippen molar-refractivity contribution < 1.29 is 14.7 Å². The van der Waals surface area contributed by atoms with Crippen molar-refractivity contribution in [1.29, 1.82) is 5.26 Å². The number of aliphatic hydroxyl groups excluding tert-OH is 1. The standard InChI is InChI=1S/C7H15N3O.C6H12N4.C6H13NO.C4H10O.2C4H10/c1-6(2)3-10-4-8-7(11)9-5-10;1-5(2)3-9-6(8)10-4-7;1-5(2)4-7-6(3)8;1-4(2)3-5;2*1-4(2)3/h6H,3-5H2,1-2H3,(H2,8,9,11);5H,3H2,1-2H3,(H3,8,9,10);5H,4H2,1-3H3,(H,7,8);4-5H,3H2,1-2H3;2*4H,1-3H3. The number of aliphatic hydroxyl groups is 1. The molecule has 0 spiro atoms. The molecule has 11 heteroatoms. The highest BCUT2D eigenvalue weighted by Gasteiger charge is 2.13. The molecule has 7 N–H and O–H groups in total. The van der Waals surface area contributed by atoms with Crippen LogP contribution in [0.5, 0.6) is 0 Å². The summed E-state index contributed by atoms with van der Waals surface area (Å²) < 4.78 is 0. The first kappa shape index (κ1) is 49.1. The van der Waals surface area contributed by atoms with Gasteiger partial charge in [0, 0.05) is 33.2 Å². The SMILES string of the molecule is CC(=O)NCC(C)C.CC(C)C.CC(C)C.CC(C)CN1CNC(=O)NC1.CC(C)CN=C(N)NC#N.CC(C)CO. The maximum atomic E-state index is 10.6. The van der Waals surface area contributed by atoms with Crippen molar-refractivity contribution in [2.24, 2.45) is 46.2 Å². The first-order chi connectivity index (χ1) is 19.2. The quantitative estimate of drug-likeness (QED) is 0.104. The normalized spacial score (nSPS) is 12.5. The first-order valence-electron chi connectivity index (χ1n) is 15.3. The van der Waals surface area contributed by atoms with Gasteiger partial charge in [-0.1, -0.05) is 96.9 Å². The van der Waals surface area contributed by atoms with Crippen molar-refractivity contribution in [3.05, 3.63) is 0 Å². The molecule has 1 rings (SSSR count). The predicted molar refractivity (Wildman–Crippen MR) is 179 cm³/mol. The van der Waals surface area contributed by atoms with E-state index in [1.807, 2.05) is 27.7 Å². The molecule has 3 amide bonds. The number of nitrogens with two attached hydrogens (primary N) is 1. The van der Waals surface area contributed by atoms with E-state index in [2.05, 4.69) is 100 Å². The number of urea groups is 1. The summed E-state index contributed by atoms with van der Waals surface area (Å²) in [6.07, 6.45) is 1.69. The molecule has 1 aliphatic rings. The average Bonchev–Trinajstić information content (AvgIpc) is 2.83. The summed E-state index contributed by atoms with van der Waals surface area (Å²) in [7, 11) is 0. The minimum atomic E-state index is -0.0648. The summed E-state index contributed by atoms with van der Waals surface area (Å²) in [4.78, 5) is 26.9. The van der Waals surface area contributed by atoms with Crippen LogP contribution in [0.4, 0.5) is 4.79 Å². The molecule has 252 valence electrons. The van der Waals surface area contributed by atoms with Gasteiger partial charge in [-0.05, 0) is 35.5 Å².